The van der Waals surface area contributed by atoms with Crippen molar-refractivity contribution in [1.29, 1.82) is 0 Å². The van der Waals surface area contributed by atoms with E-state index in [0.717, 1.165) is 12.1 Å². The summed E-state index contributed by atoms with van der Waals surface area (Å²) in [4.78, 5) is 25.6. The van der Waals surface area contributed by atoms with Crippen molar-refractivity contribution in [3.63, 3.8) is 0 Å². The Balaban J connectivity index is 1.95. The number of anilines is 1. The van der Waals surface area contributed by atoms with E-state index in [4.69, 9.17) is 5.73 Å². The first-order chi connectivity index (χ1) is 10.0. The van der Waals surface area contributed by atoms with Gasteiger partial charge in [0.1, 0.15) is 11.4 Å². The predicted molar refractivity (Wildman–Crippen MR) is 71.3 cm³/mol. The highest BCUT2D eigenvalue weighted by Gasteiger charge is 2.43. The molecule has 2 atom stereocenters. The first kappa shape index (κ1) is 13.8. The number of piperidine rings is 1. The monoisotopic (exact) mass is 295 g/mol. The zero-order chi connectivity index (χ0) is 15.1. The molecule has 0 spiro atoms. The fourth-order valence-corrected chi connectivity index (χ4v) is 3.11. The minimum absolute atomic E-state index is 0.106. The molecule has 0 bridgehead atoms. The molecule has 5 nitrogen and oxygen atoms in total. The Hall–Kier alpha value is -2.18. The van der Waals surface area contributed by atoms with Gasteiger partial charge in [-0.1, -0.05) is 0 Å². The third-order valence-corrected chi connectivity index (χ3v) is 4.20. The summed E-state index contributed by atoms with van der Waals surface area (Å²) in [6.07, 6.45) is 1.31. The summed E-state index contributed by atoms with van der Waals surface area (Å²) in [5.74, 6) is -3.13. The molecular weight excluding hydrogens is 280 g/mol. The van der Waals surface area contributed by atoms with Crippen LogP contribution in [0.25, 0.3) is 0 Å². The molecule has 0 radical (unpaired) electrons. The molecular formula is C14H15F2N3O2. The number of benzene rings is 1. The van der Waals surface area contributed by atoms with Crippen LogP contribution in [-0.4, -0.2) is 35.8 Å². The molecule has 0 aliphatic carbocycles. The van der Waals surface area contributed by atoms with E-state index in [2.05, 4.69) is 5.32 Å². The van der Waals surface area contributed by atoms with Crippen LogP contribution in [-0.2, 0) is 4.79 Å². The van der Waals surface area contributed by atoms with E-state index in [-0.39, 0.29) is 23.6 Å². The van der Waals surface area contributed by atoms with Gasteiger partial charge in [0, 0.05) is 13.1 Å². The molecule has 112 valence electrons. The van der Waals surface area contributed by atoms with Crippen molar-refractivity contribution in [3.05, 3.63) is 29.3 Å². The predicted octanol–water partition coefficient (Wildman–Crippen LogP) is 0.898. The van der Waals surface area contributed by atoms with Gasteiger partial charge in [-0.3, -0.25) is 9.59 Å². The lowest BCUT2D eigenvalue weighted by molar-refractivity contribution is -0.123. The van der Waals surface area contributed by atoms with Gasteiger partial charge >= 0.3 is 0 Å². The summed E-state index contributed by atoms with van der Waals surface area (Å²) < 4.78 is 27.8. The van der Waals surface area contributed by atoms with Crippen LogP contribution in [0.1, 0.15) is 23.2 Å². The molecule has 2 unspecified atom stereocenters. The van der Waals surface area contributed by atoms with Gasteiger partial charge in [-0.25, -0.2) is 8.78 Å². The van der Waals surface area contributed by atoms with Crippen molar-refractivity contribution in [3.8, 4) is 0 Å². The summed E-state index contributed by atoms with van der Waals surface area (Å²) in [6, 6.07) is 1.71. The Morgan fingerprint density at radius 2 is 2.14 bits per heavy atom. The fourth-order valence-electron chi connectivity index (χ4n) is 3.11. The summed E-state index contributed by atoms with van der Waals surface area (Å²) >= 11 is 0. The second-order valence-electron chi connectivity index (χ2n) is 5.39. The molecule has 2 aliphatic rings. The molecule has 0 aromatic heterocycles. The summed E-state index contributed by atoms with van der Waals surface area (Å²) in [6.45, 7) is 0.698. The molecule has 3 N–H and O–H groups in total. The summed E-state index contributed by atoms with van der Waals surface area (Å²) in [7, 11) is 0. The molecule has 2 fully saturated rings. The van der Waals surface area contributed by atoms with Crippen LogP contribution in [0.2, 0.25) is 0 Å². The van der Waals surface area contributed by atoms with Gasteiger partial charge < -0.3 is 16.0 Å². The Labute approximate surface area is 120 Å². The summed E-state index contributed by atoms with van der Waals surface area (Å²) in [5.41, 5.74) is 4.49. The highest BCUT2D eigenvalue weighted by molar-refractivity contribution is 5.97. The van der Waals surface area contributed by atoms with E-state index in [0.29, 0.717) is 25.9 Å². The van der Waals surface area contributed by atoms with Crippen molar-refractivity contribution >= 4 is 17.5 Å². The van der Waals surface area contributed by atoms with E-state index in [9.17, 15) is 18.4 Å². The highest BCUT2D eigenvalue weighted by atomic mass is 19.1. The topological polar surface area (TPSA) is 75.4 Å². The van der Waals surface area contributed by atoms with Crippen LogP contribution in [0, 0.1) is 17.6 Å². The van der Waals surface area contributed by atoms with E-state index in [1.165, 1.54) is 4.90 Å². The number of halogens is 2. The molecule has 3 rings (SSSR count). The normalized spacial score (nSPS) is 24.7. The number of likely N-dealkylation sites (tertiary alicyclic amines) is 1. The lowest BCUT2D eigenvalue weighted by Gasteiger charge is -2.36. The van der Waals surface area contributed by atoms with Gasteiger partial charge in [0.25, 0.3) is 5.91 Å². The van der Waals surface area contributed by atoms with Crippen LogP contribution in [0.5, 0.6) is 0 Å². The average molecular weight is 295 g/mol. The zero-order valence-corrected chi connectivity index (χ0v) is 11.2. The largest absolute Gasteiger partial charge is 0.396 e. The molecule has 1 aromatic rings. The van der Waals surface area contributed by atoms with Gasteiger partial charge in [0.05, 0.1) is 17.6 Å². The molecule has 2 heterocycles. The minimum Gasteiger partial charge on any atom is -0.396 e. The number of hydrogen-bond acceptors (Lipinski definition) is 3. The van der Waals surface area contributed by atoms with Crippen LogP contribution >= 0.6 is 0 Å². The lowest BCUT2D eigenvalue weighted by atomic mass is 9.91. The average Bonchev–Trinajstić information content (AvgIpc) is 2.85. The Kier molecular flexibility index (Phi) is 3.27. The maximum Gasteiger partial charge on any atom is 0.260 e. The van der Waals surface area contributed by atoms with Crippen LogP contribution in [0.15, 0.2) is 12.1 Å². The Bertz CT molecular complexity index is 620. The first-order valence-corrected chi connectivity index (χ1v) is 6.83. The number of hydrogen-bond donors (Lipinski definition) is 2. The smallest absolute Gasteiger partial charge is 0.260 e. The van der Waals surface area contributed by atoms with E-state index < -0.39 is 23.1 Å². The van der Waals surface area contributed by atoms with Crippen LogP contribution in [0.3, 0.4) is 0 Å². The lowest BCUT2D eigenvalue weighted by Crippen LogP contribution is -2.49. The van der Waals surface area contributed by atoms with Crippen molar-refractivity contribution in [2.24, 2.45) is 5.92 Å². The van der Waals surface area contributed by atoms with Crippen LogP contribution in [0.4, 0.5) is 14.5 Å². The van der Waals surface area contributed by atoms with Crippen molar-refractivity contribution < 1.29 is 18.4 Å². The number of carbonyl (C=O) groups is 2. The van der Waals surface area contributed by atoms with E-state index in [1.54, 1.807) is 0 Å². The number of fused-ring (bicyclic) bond motifs is 1. The second-order valence-corrected chi connectivity index (χ2v) is 5.39. The SMILES string of the molecule is Nc1ccc(F)c(C(=O)N2CCCC3C(=O)NCC32)c1F. The number of nitrogens with zero attached hydrogens (tertiary/aromatic N) is 1. The minimum atomic E-state index is -1.04. The van der Waals surface area contributed by atoms with Crippen LogP contribution < -0.4 is 11.1 Å². The number of rotatable bonds is 1. The third-order valence-electron chi connectivity index (χ3n) is 4.20. The molecule has 7 heteroatoms. The van der Waals surface area contributed by atoms with Crippen molar-refractivity contribution in [2.75, 3.05) is 18.8 Å². The molecule has 2 aliphatic heterocycles. The fraction of sp³-hybridized carbons (Fsp3) is 0.429. The maximum atomic E-state index is 14.0. The second kappa shape index (κ2) is 4.98. The first-order valence-electron chi connectivity index (χ1n) is 6.83. The number of nitrogen functional groups attached to an aromatic ring is 1. The maximum absolute atomic E-state index is 14.0. The number of nitrogens with one attached hydrogen (secondary N) is 1. The zero-order valence-electron chi connectivity index (χ0n) is 11.2. The molecule has 1 aromatic carbocycles. The van der Waals surface area contributed by atoms with E-state index >= 15 is 0 Å². The molecule has 21 heavy (non-hydrogen) atoms. The van der Waals surface area contributed by atoms with Gasteiger partial charge in [-0.05, 0) is 25.0 Å². The Morgan fingerprint density at radius 3 is 2.90 bits per heavy atom. The van der Waals surface area contributed by atoms with E-state index in [1.807, 2.05) is 0 Å². The summed E-state index contributed by atoms with van der Waals surface area (Å²) in [5, 5.41) is 2.69. The Morgan fingerprint density at radius 1 is 1.38 bits per heavy atom. The van der Waals surface area contributed by atoms with Gasteiger partial charge in [0.15, 0.2) is 5.82 Å². The number of nitrogens with two attached hydrogens (primary N) is 1. The standard InChI is InChI=1S/C14H15F2N3O2/c15-8-3-4-9(17)12(16)11(8)14(21)19-5-1-2-7-10(19)6-18-13(7)20/h3-4,7,10H,1-2,5-6,17H2,(H,18,20). The number of amides is 2. The molecule has 2 saturated heterocycles. The molecule has 2 amide bonds. The third kappa shape index (κ3) is 2.12. The van der Waals surface area contributed by atoms with Crippen molar-refractivity contribution in [2.45, 2.75) is 18.9 Å². The van der Waals surface area contributed by atoms with Gasteiger partial charge in [-0.2, -0.15) is 0 Å². The van der Waals surface area contributed by atoms with Gasteiger partial charge in [0.2, 0.25) is 5.91 Å². The highest BCUT2D eigenvalue weighted by Crippen LogP contribution is 2.30. The quantitative estimate of drug-likeness (QED) is 0.756. The molecule has 0 saturated carbocycles. The number of carbonyl (C=O) groups excluding carboxylic acids is 2. The van der Waals surface area contributed by atoms with Gasteiger partial charge in [-0.15, -0.1) is 0 Å². The van der Waals surface area contributed by atoms with Crippen molar-refractivity contribution in [1.82, 2.24) is 10.2 Å².